The molecule has 1 unspecified atom stereocenters. The Labute approximate surface area is 111 Å². The van der Waals surface area contributed by atoms with Crippen LogP contribution in [0.2, 0.25) is 0 Å². The molecule has 0 saturated heterocycles. The molecule has 0 spiro atoms. The Balaban J connectivity index is 1.86. The number of nitrogens with one attached hydrogen (secondary N) is 1. The Morgan fingerprint density at radius 1 is 1.32 bits per heavy atom. The van der Waals surface area contributed by atoms with Gasteiger partial charge in [-0.2, -0.15) is 0 Å². The molecule has 1 fully saturated rings. The Kier molecular flexibility index (Phi) is 3.39. The molecule has 1 heterocycles. The zero-order valence-corrected chi connectivity index (χ0v) is 10.5. The van der Waals surface area contributed by atoms with E-state index in [9.17, 15) is 0 Å². The highest BCUT2D eigenvalue weighted by atomic mass is 16.5. The zero-order valence-electron chi connectivity index (χ0n) is 10.5. The van der Waals surface area contributed by atoms with E-state index < -0.39 is 0 Å². The highest BCUT2D eigenvalue weighted by molar-refractivity contribution is 5.34. The number of rotatable bonds is 5. The van der Waals surface area contributed by atoms with Crippen LogP contribution in [0.4, 0.5) is 0 Å². The van der Waals surface area contributed by atoms with Gasteiger partial charge in [-0.15, -0.1) is 0 Å². The van der Waals surface area contributed by atoms with Crippen molar-refractivity contribution in [3.8, 4) is 5.75 Å². The average Bonchev–Trinajstić information content (AvgIpc) is 3.25. The molecule has 98 valence electrons. The van der Waals surface area contributed by atoms with Crippen LogP contribution < -0.4 is 16.0 Å². The second kappa shape index (κ2) is 5.34. The van der Waals surface area contributed by atoms with Gasteiger partial charge in [0.15, 0.2) is 0 Å². The van der Waals surface area contributed by atoms with Crippen LogP contribution in [0.15, 0.2) is 42.9 Å². The Morgan fingerprint density at radius 2 is 2.21 bits per heavy atom. The fourth-order valence-corrected chi connectivity index (χ4v) is 1.96. The molecular weight excluding hydrogens is 240 g/mol. The van der Waals surface area contributed by atoms with E-state index in [4.69, 9.17) is 10.6 Å². The zero-order chi connectivity index (χ0) is 13.1. The summed E-state index contributed by atoms with van der Waals surface area (Å²) in [4.78, 5) is 8.35. The van der Waals surface area contributed by atoms with Crippen LogP contribution in [0.5, 0.6) is 5.75 Å². The van der Waals surface area contributed by atoms with Crippen molar-refractivity contribution in [2.45, 2.75) is 25.0 Å². The standard InChI is InChI=1S/C14H16N4O/c15-18-14(13-9-16-6-7-17-13)10-2-1-3-12(8-10)19-11-4-5-11/h1-3,6-9,11,14,18H,4-5,15H2. The van der Waals surface area contributed by atoms with Crippen molar-refractivity contribution in [3.63, 3.8) is 0 Å². The maximum absolute atomic E-state index is 5.79. The van der Waals surface area contributed by atoms with Crippen LogP contribution in [0.3, 0.4) is 0 Å². The molecule has 2 aromatic rings. The molecule has 1 saturated carbocycles. The third-order valence-electron chi connectivity index (χ3n) is 3.06. The van der Waals surface area contributed by atoms with Crippen molar-refractivity contribution in [1.29, 1.82) is 0 Å². The quantitative estimate of drug-likeness (QED) is 0.627. The molecule has 1 aliphatic rings. The van der Waals surface area contributed by atoms with Gasteiger partial charge < -0.3 is 4.74 Å². The van der Waals surface area contributed by atoms with E-state index in [2.05, 4.69) is 15.4 Å². The lowest BCUT2D eigenvalue weighted by Crippen LogP contribution is -2.29. The first-order valence-electron chi connectivity index (χ1n) is 6.35. The van der Waals surface area contributed by atoms with Crippen molar-refractivity contribution < 1.29 is 4.74 Å². The van der Waals surface area contributed by atoms with Crippen LogP contribution in [0.25, 0.3) is 0 Å². The smallest absolute Gasteiger partial charge is 0.120 e. The van der Waals surface area contributed by atoms with E-state index in [0.717, 1.165) is 29.8 Å². The lowest BCUT2D eigenvalue weighted by molar-refractivity contribution is 0.302. The Morgan fingerprint density at radius 3 is 2.89 bits per heavy atom. The number of nitrogens with zero attached hydrogens (tertiary/aromatic N) is 2. The number of hydrazine groups is 1. The molecule has 3 N–H and O–H groups in total. The predicted octanol–water partition coefficient (Wildman–Crippen LogP) is 1.57. The lowest BCUT2D eigenvalue weighted by Gasteiger charge is -2.16. The SMILES string of the molecule is NNC(c1cccc(OC2CC2)c1)c1cnccn1. The summed E-state index contributed by atoms with van der Waals surface area (Å²) in [6.45, 7) is 0. The molecule has 0 amide bonds. The van der Waals surface area contributed by atoms with Gasteiger partial charge in [0.2, 0.25) is 0 Å². The first-order chi connectivity index (χ1) is 9.36. The van der Waals surface area contributed by atoms with Gasteiger partial charge in [0.05, 0.1) is 24.0 Å². The molecule has 0 aliphatic heterocycles. The molecule has 5 heteroatoms. The van der Waals surface area contributed by atoms with Crippen LogP contribution in [-0.4, -0.2) is 16.1 Å². The summed E-state index contributed by atoms with van der Waals surface area (Å²) in [6, 6.07) is 7.74. The molecule has 0 bridgehead atoms. The van der Waals surface area contributed by atoms with Gasteiger partial charge in [-0.05, 0) is 30.5 Å². The van der Waals surface area contributed by atoms with E-state index >= 15 is 0 Å². The van der Waals surface area contributed by atoms with Gasteiger partial charge in [0.25, 0.3) is 0 Å². The van der Waals surface area contributed by atoms with Crippen molar-refractivity contribution >= 4 is 0 Å². The highest BCUT2D eigenvalue weighted by Gasteiger charge is 2.24. The molecule has 1 aliphatic carbocycles. The summed E-state index contributed by atoms with van der Waals surface area (Å²) in [5.74, 6) is 6.52. The van der Waals surface area contributed by atoms with E-state index in [0.29, 0.717) is 6.10 Å². The van der Waals surface area contributed by atoms with Crippen molar-refractivity contribution in [2.75, 3.05) is 0 Å². The molecule has 3 rings (SSSR count). The number of hydrogen-bond acceptors (Lipinski definition) is 5. The number of hydrogen-bond donors (Lipinski definition) is 2. The summed E-state index contributed by atoms with van der Waals surface area (Å²) < 4.78 is 5.79. The van der Waals surface area contributed by atoms with Crippen LogP contribution in [-0.2, 0) is 0 Å². The lowest BCUT2D eigenvalue weighted by atomic mass is 10.0. The third kappa shape index (κ3) is 2.89. The fourth-order valence-electron chi connectivity index (χ4n) is 1.96. The monoisotopic (exact) mass is 256 g/mol. The number of ether oxygens (including phenoxy) is 1. The van der Waals surface area contributed by atoms with Crippen LogP contribution >= 0.6 is 0 Å². The van der Waals surface area contributed by atoms with Crippen LogP contribution in [0, 0.1) is 0 Å². The molecule has 1 aromatic heterocycles. The van der Waals surface area contributed by atoms with Gasteiger partial charge in [-0.25, -0.2) is 5.43 Å². The molecule has 1 aromatic carbocycles. The van der Waals surface area contributed by atoms with Gasteiger partial charge >= 0.3 is 0 Å². The minimum atomic E-state index is -0.184. The van der Waals surface area contributed by atoms with E-state index in [1.807, 2.05) is 24.3 Å². The average molecular weight is 256 g/mol. The molecule has 19 heavy (non-hydrogen) atoms. The summed E-state index contributed by atoms with van der Waals surface area (Å²) in [5.41, 5.74) is 4.57. The first-order valence-corrected chi connectivity index (χ1v) is 6.35. The maximum Gasteiger partial charge on any atom is 0.120 e. The second-order valence-electron chi connectivity index (χ2n) is 4.62. The summed E-state index contributed by atoms with van der Waals surface area (Å²) in [6.07, 6.45) is 7.68. The maximum atomic E-state index is 5.79. The predicted molar refractivity (Wildman–Crippen MR) is 71.3 cm³/mol. The van der Waals surface area contributed by atoms with Crippen molar-refractivity contribution in [1.82, 2.24) is 15.4 Å². The highest BCUT2D eigenvalue weighted by Crippen LogP contribution is 2.29. The molecule has 5 nitrogen and oxygen atoms in total. The third-order valence-corrected chi connectivity index (χ3v) is 3.06. The molecule has 0 radical (unpaired) electrons. The van der Waals surface area contributed by atoms with Crippen molar-refractivity contribution in [2.24, 2.45) is 5.84 Å². The van der Waals surface area contributed by atoms with Gasteiger partial charge in [-0.1, -0.05) is 12.1 Å². The normalized spacial score (nSPS) is 16.1. The fraction of sp³-hybridized carbons (Fsp3) is 0.286. The summed E-state index contributed by atoms with van der Waals surface area (Å²) in [7, 11) is 0. The Hall–Kier alpha value is -1.98. The van der Waals surface area contributed by atoms with Gasteiger partial charge in [-0.3, -0.25) is 15.8 Å². The molecular formula is C14H16N4O. The van der Waals surface area contributed by atoms with Gasteiger partial charge in [0.1, 0.15) is 5.75 Å². The van der Waals surface area contributed by atoms with Gasteiger partial charge in [0, 0.05) is 12.4 Å². The van der Waals surface area contributed by atoms with Crippen molar-refractivity contribution in [3.05, 3.63) is 54.1 Å². The number of benzene rings is 1. The molecule has 1 atom stereocenters. The summed E-state index contributed by atoms with van der Waals surface area (Å²) >= 11 is 0. The Bertz CT molecular complexity index is 542. The van der Waals surface area contributed by atoms with E-state index in [-0.39, 0.29) is 6.04 Å². The number of aromatic nitrogens is 2. The minimum Gasteiger partial charge on any atom is -0.490 e. The minimum absolute atomic E-state index is 0.184. The second-order valence-corrected chi connectivity index (χ2v) is 4.62. The van der Waals surface area contributed by atoms with Crippen LogP contribution in [0.1, 0.15) is 30.1 Å². The topological polar surface area (TPSA) is 73.1 Å². The number of nitrogens with two attached hydrogens (primary N) is 1. The van der Waals surface area contributed by atoms with E-state index in [1.54, 1.807) is 18.6 Å². The largest absolute Gasteiger partial charge is 0.490 e. The first kappa shape index (κ1) is 12.1. The summed E-state index contributed by atoms with van der Waals surface area (Å²) in [5, 5.41) is 0. The van der Waals surface area contributed by atoms with E-state index in [1.165, 1.54) is 0 Å².